The van der Waals surface area contributed by atoms with Crippen LogP contribution in [0.15, 0.2) is 24.3 Å². The molecule has 3 heteroatoms. The summed E-state index contributed by atoms with van der Waals surface area (Å²) in [6, 6.07) is 5.25. The molecule has 1 nitrogen and oxygen atoms in total. The molecule has 74 valence electrons. The van der Waals surface area contributed by atoms with E-state index in [9.17, 15) is 4.79 Å². The lowest BCUT2D eigenvalue weighted by molar-refractivity contribution is 0.112. The minimum Gasteiger partial charge on any atom is -0.298 e. The van der Waals surface area contributed by atoms with Gasteiger partial charge < -0.3 is 0 Å². The Kier molecular flexibility index (Phi) is 4.71. The number of alkyl halides is 1. The highest BCUT2D eigenvalue weighted by atomic mass is 35.5. The Bertz CT molecular complexity index is 345. The zero-order valence-corrected chi connectivity index (χ0v) is 9.05. The zero-order valence-electron chi connectivity index (χ0n) is 7.54. The summed E-state index contributed by atoms with van der Waals surface area (Å²) >= 11 is 11.5. The molecule has 0 N–H and O–H groups in total. The van der Waals surface area contributed by atoms with Gasteiger partial charge in [-0.2, -0.15) is 0 Å². The second kappa shape index (κ2) is 5.84. The molecule has 0 aliphatic carbocycles. The first kappa shape index (κ1) is 11.3. The van der Waals surface area contributed by atoms with Crippen molar-refractivity contribution in [2.24, 2.45) is 0 Å². The van der Waals surface area contributed by atoms with Crippen molar-refractivity contribution in [3.05, 3.63) is 40.4 Å². The van der Waals surface area contributed by atoms with Crippen LogP contribution in [-0.4, -0.2) is 12.2 Å². The van der Waals surface area contributed by atoms with E-state index < -0.39 is 0 Å². The van der Waals surface area contributed by atoms with Crippen molar-refractivity contribution < 1.29 is 4.79 Å². The number of hydrogen-bond acceptors (Lipinski definition) is 1. The molecule has 1 rings (SSSR count). The second-order valence-electron chi connectivity index (χ2n) is 2.74. The van der Waals surface area contributed by atoms with Crippen LogP contribution in [0.5, 0.6) is 0 Å². The third kappa shape index (κ3) is 2.86. The Labute approximate surface area is 93.3 Å². The molecule has 0 heterocycles. The number of carbonyl (C=O) groups excluding carboxylic acids is 1. The highest BCUT2D eigenvalue weighted by Gasteiger charge is 2.01. The number of allylic oxidation sites excluding steroid dienone is 1. The average molecular weight is 229 g/mol. The van der Waals surface area contributed by atoms with E-state index in [0.717, 1.165) is 18.3 Å². The highest BCUT2D eigenvalue weighted by molar-refractivity contribution is 6.32. The first-order chi connectivity index (χ1) is 6.79. The standard InChI is InChI=1S/C11H10Cl2O/c12-7-2-1-5-10-9(8-14)4-3-6-11(10)13/h1,3-6,8H,2,7H2. The van der Waals surface area contributed by atoms with Crippen LogP contribution in [0, 0.1) is 0 Å². The lowest BCUT2D eigenvalue weighted by Gasteiger charge is -2.00. The van der Waals surface area contributed by atoms with E-state index in [-0.39, 0.29) is 0 Å². The lowest BCUT2D eigenvalue weighted by Crippen LogP contribution is -1.86. The predicted molar refractivity (Wildman–Crippen MR) is 61.2 cm³/mol. The van der Waals surface area contributed by atoms with E-state index in [1.165, 1.54) is 0 Å². The molecular formula is C11H10Cl2O. The van der Waals surface area contributed by atoms with Gasteiger partial charge in [-0.1, -0.05) is 35.9 Å². The molecule has 0 bridgehead atoms. The summed E-state index contributed by atoms with van der Waals surface area (Å²) in [5.74, 6) is 0.567. The summed E-state index contributed by atoms with van der Waals surface area (Å²) in [5, 5.41) is 0.584. The van der Waals surface area contributed by atoms with Crippen molar-refractivity contribution in [2.75, 3.05) is 5.88 Å². The van der Waals surface area contributed by atoms with Crippen LogP contribution in [0.3, 0.4) is 0 Å². The average Bonchev–Trinajstić information content (AvgIpc) is 2.20. The molecule has 0 saturated carbocycles. The van der Waals surface area contributed by atoms with Crippen molar-refractivity contribution in [3.63, 3.8) is 0 Å². The van der Waals surface area contributed by atoms with E-state index >= 15 is 0 Å². The fourth-order valence-electron chi connectivity index (χ4n) is 1.10. The van der Waals surface area contributed by atoms with Crippen molar-refractivity contribution in [1.82, 2.24) is 0 Å². The summed E-state index contributed by atoms with van der Waals surface area (Å²) in [4.78, 5) is 10.7. The van der Waals surface area contributed by atoms with Crippen LogP contribution in [0.1, 0.15) is 22.3 Å². The van der Waals surface area contributed by atoms with Crippen LogP contribution in [0.25, 0.3) is 6.08 Å². The smallest absolute Gasteiger partial charge is 0.150 e. The Balaban J connectivity index is 2.98. The van der Waals surface area contributed by atoms with E-state index in [0.29, 0.717) is 16.5 Å². The van der Waals surface area contributed by atoms with Crippen molar-refractivity contribution in [1.29, 1.82) is 0 Å². The van der Waals surface area contributed by atoms with Gasteiger partial charge in [0.25, 0.3) is 0 Å². The fourth-order valence-corrected chi connectivity index (χ4v) is 1.47. The Hall–Kier alpha value is -0.790. The summed E-state index contributed by atoms with van der Waals surface area (Å²) in [5.41, 5.74) is 1.36. The van der Waals surface area contributed by atoms with E-state index in [1.807, 2.05) is 12.2 Å². The van der Waals surface area contributed by atoms with Crippen LogP contribution in [-0.2, 0) is 0 Å². The molecule has 1 aromatic rings. The van der Waals surface area contributed by atoms with Gasteiger partial charge in [0.15, 0.2) is 6.29 Å². The molecule has 0 aliphatic heterocycles. The summed E-state index contributed by atoms with van der Waals surface area (Å²) < 4.78 is 0. The van der Waals surface area contributed by atoms with E-state index in [2.05, 4.69) is 0 Å². The van der Waals surface area contributed by atoms with Gasteiger partial charge in [0.2, 0.25) is 0 Å². The van der Waals surface area contributed by atoms with Gasteiger partial charge in [-0.3, -0.25) is 4.79 Å². The predicted octanol–water partition coefficient (Wildman–Crippen LogP) is 3.79. The maximum Gasteiger partial charge on any atom is 0.150 e. The molecule has 0 aromatic heterocycles. The minimum absolute atomic E-state index is 0.567. The van der Waals surface area contributed by atoms with Crippen LogP contribution < -0.4 is 0 Å². The fraction of sp³-hybridized carbons (Fsp3) is 0.182. The summed E-state index contributed by atoms with van der Waals surface area (Å²) in [6.07, 6.45) is 5.30. The normalized spacial score (nSPS) is 10.7. The number of rotatable bonds is 4. The minimum atomic E-state index is 0.567. The van der Waals surface area contributed by atoms with Gasteiger partial charge in [-0.15, -0.1) is 11.6 Å². The monoisotopic (exact) mass is 228 g/mol. The number of benzene rings is 1. The second-order valence-corrected chi connectivity index (χ2v) is 3.53. The first-order valence-electron chi connectivity index (χ1n) is 4.25. The Morgan fingerprint density at radius 1 is 1.36 bits per heavy atom. The Morgan fingerprint density at radius 3 is 2.79 bits per heavy atom. The van der Waals surface area contributed by atoms with E-state index in [4.69, 9.17) is 23.2 Å². The molecule has 0 radical (unpaired) electrons. The molecule has 0 fully saturated rings. The Morgan fingerprint density at radius 2 is 2.14 bits per heavy atom. The molecule has 1 aromatic carbocycles. The highest BCUT2D eigenvalue weighted by Crippen LogP contribution is 2.20. The zero-order chi connectivity index (χ0) is 10.4. The van der Waals surface area contributed by atoms with Gasteiger partial charge in [-0.25, -0.2) is 0 Å². The van der Waals surface area contributed by atoms with E-state index in [1.54, 1.807) is 18.2 Å². The largest absolute Gasteiger partial charge is 0.298 e. The molecule has 0 spiro atoms. The SMILES string of the molecule is O=Cc1cccc(Cl)c1C=CCCCl. The molecule has 0 atom stereocenters. The van der Waals surface area contributed by atoms with Crippen LogP contribution in [0.4, 0.5) is 0 Å². The molecular weight excluding hydrogens is 219 g/mol. The van der Waals surface area contributed by atoms with Gasteiger partial charge in [0, 0.05) is 22.0 Å². The summed E-state index contributed by atoms with van der Waals surface area (Å²) in [6.45, 7) is 0. The molecule has 0 unspecified atom stereocenters. The third-order valence-electron chi connectivity index (χ3n) is 1.77. The topological polar surface area (TPSA) is 17.1 Å². The molecule has 0 saturated heterocycles. The third-order valence-corrected chi connectivity index (χ3v) is 2.32. The van der Waals surface area contributed by atoms with Gasteiger partial charge in [0.05, 0.1) is 0 Å². The quantitative estimate of drug-likeness (QED) is 0.567. The molecule has 0 amide bonds. The molecule has 14 heavy (non-hydrogen) atoms. The number of hydrogen-bond donors (Lipinski definition) is 0. The lowest BCUT2D eigenvalue weighted by atomic mass is 10.1. The van der Waals surface area contributed by atoms with Crippen molar-refractivity contribution in [3.8, 4) is 0 Å². The number of halogens is 2. The van der Waals surface area contributed by atoms with Crippen molar-refractivity contribution in [2.45, 2.75) is 6.42 Å². The van der Waals surface area contributed by atoms with Crippen LogP contribution in [0.2, 0.25) is 5.02 Å². The summed E-state index contributed by atoms with van der Waals surface area (Å²) in [7, 11) is 0. The first-order valence-corrected chi connectivity index (χ1v) is 5.17. The molecule has 0 aliphatic rings. The van der Waals surface area contributed by atoms with Gasteiger partial charge >= 0.3 is 0 Å². The van der Waals surface area contributed by atoms with Crippen molar-refractivity contribution >= 4 is 35.6 Å². The number of carbonyl (C=O) groups is 1. The maximum absolute atomic E-state index is 10.7. The maximum atomic E-state index is 10.7. The number of aldehydes is 1. The van der Waals surface area contributed by atoms with Crippen LogP contribution >= 0.6 is 23.2 Å². The van der Waals surface area contributed by atoms with Gasteiger partial charge in [-0.05, 0) is 12.5 Å². The van der Waals surface area contributed by atoms with Gasteiger partial charge in [0.1, 0.15) is 0 Å².